The molecule has 1 aromatic heterocycles. The zero-order valence-corrected chi connectivity index (χ0v) is 11.0. The summed E-state index contributed by atoms with van der Waals surface area (Å²) in [6, 6.07) is 4.45. The van der Waals surface area contributed by atoms with E-state index >= 15 is 0 Å². The van der Waals surface area contributed by atoms with Crippen LogP contribution < -0.4 is 5.32 Å². The first-order valence-electron chi connectivity index (χ1n) is 6.21. The Bertz CT molecular complexity index is 328. The molecule has 0 aliphatic rings. The number of nitrogens with zero attached hydrogens (tertiary/aromatic N) is 2. The third kappa shape index (κ3) is 4.32. The van der Waals surface area contributed by atoms with Crippen LogP contribution in [0.2, 0.25) is 0 Å². The number of aromatic nitrogens is 1. The number of hydrogen-bond donors (Lipinski definition) is 2. The van der Waals surface area contributed by atoms with Gasteiger partial charge in [-0.25, -0.2) is 4.98 Å². The molecule has 0 aliphatic carbocycles. The molecule has 4 heteroatoms. The minimum Gasteiger partial charge on any atom is -0.395 e. The van der Waals surface area contributed by atoms with Gasteiger partial charge in [-0.3, -0.25) is 4.90 Å². The fourth-order valence-corrected chi connectivity index (χ4v) is 1.76. The van der Waals surface area contributed by atoms with Gasteiger partial charge in [-0.1, -0.05) is 6.07 Å². The van der Waals surface area contributed by atoms with E-state index in [1.165, 1.54) is 5.56 Å². The Balaban J connectivity index is 2.77. The van der Waals surface area contributed by atoms with Gasteiger partial charge in [0.1, 0.15) is 5.82 Å². The van der Waals surface area contributed by atoms with E-state index in [1.54, 1.807) is 6.20 Å². The number of rotatable bonds is 7. The molecule has 1 heterocycles. The van der Waals surface area contributed by atoms with Crippen molar-refractivity contribution in [2.24, 2.45) is 0 Å². The van der Waals surface area contributed by atoms with Crippen LogP contribution in [0, 0.1) is 0 Å². The molecule has 1 aromatic rings. The smallest absolute Gasteiger partial charge is 0.130 e. The summed E-state index contributed by atoms with van der Waals surface area (Å²) in [5, 5.41) is 12.3. The van der Waals surface area contributed by atoms with Gasteiger partial charge >= 0.3 is 0 Å². The zero-order chi connectivity index (χ0) is 12.7. The second-order valence-electron chi connectivity index (χ2n) is 4.33. The van der Waals surface area contributed by atoms with Gasteiger partial charge in [0.25, 0.3) is 0 Å². The van der Waals surface area contributed by atoms with E-state index in [4.69, 9.17) is 5.11 Å². The molecule has 0 atom stereocenters. The fourth-order valence-electron chi connectivity index (χ4n) is 1.76. The maximum absolute atomic E-state index is 9.06. The van der Waals surface area contributed by atoms with Gasteiger partial charge in [0.2, 0.25) is 0 Å². The number of hydrogen-bond acceptors (Lipinski definition) is 4. The summed E-state index contributed by atoms with van der Waals surface area (Å²) < 4.78 is 0. The van der Waals surface area contributed by atoms with E-state index in [2.05, 4.69) is 42.0 Å². The van der Waals surface area contributed by atoms with Gasteiger partial charge in [-0.2, -0.15) is 0 Å². The third-order valence-corrected chi connectivity index (χ3v) is 2.73. The molecule has 4 nitrogen and oxygen atoms in total. The SMILES string of the molecule is CCNc1ncccc1CN(CCO)C(C)C. The molecule has 0 fully saturated rings. The quantitative estimate of drug-likeness (QED) is 0.758. The van der Waals surface area contributed by atoms with Crippen molar-refractivity contribution >= 4 is 5.82 Å². The topological polar surface area (TPSA) is 48.4 Å². The van der Waals surface area contributed by atoms with Crippen LogP contribution in [0.3, 0.4) is 0 Å². The van der Waals surface area contributed by atoms with Crippen molar-refractivity contribution in [3.8, 4) is 0 Å². The van der Waals surface area contributed by atoms with Crippen LogP contribution >= 0.6 is 0 Å². The highest BCUT2D eigenvalue weighted by atomic mass is 16.3. The predicted molar refractivity (Wildman–Crippen MR) is 71.0 cm³/mol. The Labute approximate surface area is 104 Å². The molecule has 96 valence electrons. The van der Waals surface area contributed by atoms with E-state index in [0.717, 1.165) is 18.9 Å². The van der Waals surface area contributed by atoms with Crippen LogP contribution in [0.1, 0.15) is 26.3 Å². The Morgan fingerprint density at radius 3 is 2.82 bits per heavy atom. The summed E-state index contributed by atoms with van der Waals surface area (Å²) in [5.74, 6) is 0.943. The maximum atomic E-state index is 9.06. The van der Waals surface area contributed by atoms with Gasteiger partial charge in [-0.05, 0) is 26.8 Å². The molecule has 0 bridgehead atoms. The van der Waals surface area contributed by atoms with Crippen molar-refractivity contribution in [3.63, 3.8) is 0 Å². The summed E-state index contributed by atoms with van der Waals surface area (Å²) in [6.45, 7) is 8.90. The Kier molecular flexibility index (Phi) is 5.94. The molecule has 0 unspecified atom stereocenters. The normalized spacial score (nSPS) is 11.2. The van der Waals surface area contributed by atoms with Crippen molar-refractivity contribution in [3.05, 3.63) is 23.9 Å². The highest BCUT2D eigenvalue weighted by molar-refractivity contribution is 5.43. The minimum absolute atomic E-state index is 0.189. The Morgan fingerprint density at radius 2 is 2.24 bits per heavy atom. The summed E-state index contributed by atoms with van der Waals surface area (Å²) in [5.41, 5.74) is 1.18. The van der Waals surface area contributed by atoms with Gasteiger partial charge in [0.15, 0.2) is 0 Å². The second kappa shape index (κ2) is 7.25. The monoisotopic (exact) mass is 237 g/mol. The molecular formula is C13H23N3O. The molecule has 0 aliphatic heterocycles. The van der Waals surface area contributed by atoms with Crippen molar-refractivity contribution in [2.45, 2.75) is 33.4 Å². The van der Waals surface area contributed by atoms with Crippen LogP contribution in [-0.4, -0.2) is 40.7 Å². The van der Waals surface area contributed by atoms with Crippen LogP contribution in [0.15, 0.2) is 18.3 Å². The van der Waals surface area contributed by atoms with Gasteiger partial charge in [0, 0.05) is 37.4 Å². The molecule has 0 aromatic carbocycles. The highest BCUT2D eigenvalue weighted by Crippen LogP contribution is 2.15. The van der Waals surface area contributed by atoms with Crippen LogP contribution in [0.4, 0.5) is 5.82 Å². The molecule has 17 heavy (non-hydrogen) atoms. The van der Waals surface area contributed by atoms with Crippen molar-refractivity contribution in [1.29, 1.82) is 0 Å². The lowest BCUT2D eigenvalue weighted by atomic mass is 10.2. The lowest BCUT2D eigenvalue weighted by Crippen LogP contribution is -2.33. The third-order valence-electron chi connectivity index (χ3n) is 2.73. The van der Waals surface area contributed by atoms with E-state index in [0.29, 0.717) is 12.6 Å². The number of pyridine rings is 1. The number of anilines is 1. The van der Waals surface area contributed by atoms with Gasteiger partial charge in [0.05, 0.1) is 6.61 Å². The zero-order valence-electron chi connectivity index (χ0n) is 11.0. The van der Waals surface area contributed by atoms with Gasteiger partial charge < -0.3 is 10.4 Å². The second-order valence-corrected chi connectivity index (χ2v) is 4.33. The first kappa shape index (κ1) is 13.9. The average Bonchev–Trinajstić information content (AvgIpc) is 2.31. The lowest BCUT2D eigenvalue weighted by Gasteiger charge is -2.26. The van der Waals surface area contributed by atoms with E-state index < -0.39 is 0 Å². The van der Waals surface area contributed by atoms with Crippen LogP contribution in [0.25, 0.3) is 0 Å². The van der Waals surface area contributed by atoms with E-state index in [1.807, 2.05) is 6.07 Å². The molecule has 0 radical (unpaired) electrons. The Morgan fingerprint density at radius 1 is 1.47 bits per heavy atom. The fraction of sp³-hybridized carbons (Fsp3) is 0.615. The van der Waals surface area contributed by atoms with Crippen LogP contribution in [0.5, 0.6) is 0 Å². The van der Waals surface area contributed by atoms with Crippen LogP contribution in [-0.2, 0) is 6.54 Å². The standard InChI is InChI=1S/C13H23N3O/c1-4-14-13-12(6-5-7-15-13)10-16(8-9-17)11(2)3/h5-7,11,17H,4,8-10H2,1-3H3,(H,14,15). The Hall–Kier alpha value is -1.13. The predicted octanol–water partition coefficient (Wildman–Crippen LogP) is 1.72. The largest absolute Gasteiger partial charge is 0.395 e. The molecule has 1 rings (SSSR count). The maximum Gasteiger partial charge on any atom is 0.130 e. The number of nitrogens with one attached hydrogen (secondary N) is 1. The molecule has 0 spiro atoms. The molecule has 2 N–H and O–H groups in total. The highest BCUT2D eigenvalue weighted by Gasteiger charge is 2.12. The first-order valence-corrected chi connectivity index (χ1v) is 6.21. The number of aliphatic hydroxyl groups excluding tert-OH is 1. The van der Waals surface area contributed by atoms with Crippen molar-refractivity contribution in [1.82, 2.24) is 9.88 Å². The first-order chi connectivity index (χ1) is 8.19. The average molecular weight is 237 g/mol. The van der Waals surface area contributed by atoms with E-state index in [9.17, 15) is 0 Å². The van der Waals surface area contributed by atoms with E-state index in [-0.39, 0.29) is 6.61 Å². The number of aliphatic hydroxyl groups is 1. The summed E-state index contributed by atoms with van der Waals surface area (Å²) >= 11 is 0. The van der Waals surface area contributed by atoms with Crippen molar-refractivity contribution in [2.75, 3.05) is 25.0 Å². The van der Waals surface area contributed by atoms with Crippen molar-refractivity contribution < 1.29 is 5.11 Å². The molecule has 0 amide bonds. The minimum atomic E-state index is 0.189. The molecule has 0 saturated carbocycles. The summed E-state index contributed by atoms with van der Waals surface area (Å²) in [6.07, 6.45) is 1.80. The molecule has 0 saturated heterocycles. The summed E-state index contributed by atoms with van der Waals surface area (Å²) in [7, 11) is 0. The van der Waals surface area contributed by atoms with Gasteiger partial charge in [-0.15, -0.1) is 0 Å². The lowest BCUT2D eigenvalue weighted by molar-refractivity contribution is 0.159. The molecular weight excluding hydrogens is 214 g/mol. The summed E-state index contributed by atoms with van der Waals surface area (Å²) in [4.78, 5) is 6.57.